The van der Waals surface area contributed by atoms with E-state index >= 15 is 0 Å². The molecule has 2 heterocycles. The van der Waals surface area contributed by atoms with Crippen LogP contribution in [0.4, 0.5) is 8.78 Å². The van der Waals surface area contributed by atoms with Crippen LogP contribution < -0.4 is 5.69 Å². The number of nitrogens with one attached hydrogen (secondary N) is 1. The van der Waals surface area contributed by atoms with Crippen molar-refractivity contribution < 1.29 is 18.7 Å². The quantitative estimate of drug-likeness (QED) is 0.763. The third-order valence-electron chi connectivity index (χ3n) is 2.70. The molecule has 2 N–H and O–H groups in total. The highest BCUT2D eigenvalue weighted by molar-refractivity contribution is 7.12. The van der Waals surface area contributed by atoms with Gasteiger partial charge in [0.2, 0.25) is 11.0 Å². The minimum absolute atomic E-state index is 0.0346. The van der Waals surface area contributed by atoms with E-state index in [0.717, 1.165) is 34.2 Å². The van der Waals surface area contributed by atoms with E-state index < -0.39 is 29.1 Å². The predicted molar refractivity (Wildman–Crippen MR) is 72.2 cm³/mol. The summed E-state index contributed by atoms with van der Waals surface area (Å²) >= 11 is 0.939. The van der Waals surface area contributed by atoms with Gasteiger partial charge in [-0.25, -0.2) is 23.4 Å². The number of benzene rings is 1. The van der Waals surface area contributed by atoms with Crippen LogP contribution in [0.25, 0.3) is 16.4 Å². The fourth-order valence-corrected chi connectivity index (χ4v) is 2.50. The maximum atomic E-state index is 13.7. The molecule has 3 rings (SSSR count). The zero-order valence-corrected chi connectivity index (χ0v) is 11.4. The molecule has 0 fully saturated rings. The molecule has 0 saturated carbocycles. The number of aromatic nitrogens is 4. The van der Waals surface area contributed by atoms with Crippen LogP contribution in [0.2, 0.25) is 0 Å². The van der Waals surface area contributed by atoms with Gasteiger partial charge in [-0.15, -0.1) is 16.4 Å². The molecule has 22 heavy (non-hydrogen) atoms. The van der Waals surface area contributed by atoms with E-state index in [1.165, 1.54) is 5.38 Å². The molecule has 0 amide bonds. The maximum absolute atomic E-state index is 13.7. The summed E-state index contributed by atoms with van der Waals surface area (Å²) in [5.74, 6) is -3.24. The highest BCUT2D eigenvalue weighted by atomic mass is 32.1. The second-order valence-corrected chi connectivity index (χ2v) is 4.97. The Morgan fingerprint density at radius 1 is 1.36 bits per heavy atom. The van der Waals surface area contributed by atoms with E-state index in [1.807, 2.05) is 4.98 Å². The van der Waals surface area contributed by atoms with Gasteiger partial charge in [-0.05, 0) is 18.2 Å². The molecule has 1 aromatic carbocycles. The van der Waals surface area contributed by atoms with Gasteiger partial charge in [0, 0.05) is 10.9 Å². The van der Waals surface area contributed by atoms with Crippen LogP contribution in [-0.4, -0.2) is 30.8 Å². The molecule has 0 spiro atoms. The average molecular weight is 324 g/mol. The lowest BCUT2D eigenvalue weighted by molar-refractivity contribution is 0.0683. The van der Waals surface area contributed by atoms with E-state index in [2.05, 4.69) is 10.1 Å². The Balaban J connectivity index is 2.06. The number of thiazole rings is 1. The second kappa shape index (κ2) is 5.15. The van der Waals surface area contributed by atoms with E-state index in [0.29, 0.717) is 0 Å². The summed E-state index contributed by atoms with van der Waals surface area (Å²) in [5, 5.41) is 13.8. The van der Waals surface area contributed by atoms with Crippen LogP contribution in [0.15, 0.2) is 28.4 Å². The molecule has 0 aliphatic rings. The van der Waals surface area contributed by atoms with Crippen LogP contribution in [0, 0.1) is 11.6 Å². The Morgan fingerprint density at radius 3 is 2.82 bits per heavy atom. The van der Waals surface area contributed by atoms with Gasteiger partial charge >= 0.3 is 11.7 Å². The van der Waals surface area contributed by atoms with Crippen molar-refractivity contribution in [1.82, 2.24) is 19.7 Å². The summed E-state index contributed by atoms with van der Waals surface area (Å²) in [6.45, 7) is 0. The fraction of sp³-hybridized carbons (Fsp3) is 0. The first-order valence-corrected chi connectivity index (χ1v) is 6.67. The summed E-state index contributed by atoms with van der Waals surface area (Å²) < 4.78 is 27.6. The Bertz CT molecular complexity index is 931. The Morgan fingerprint density at radius 2 is 2.14 bits per heavy atom. The highest BCUT2D eigenvalue weighted by Gasteiger charge is 2.17. The number of carboxylic acids is 1. The van der Waals surface area contributed by atoms with Gasteiger partial charge in [0.25, 0.3) is 0 Å². The summed E-state index contributed by atoms with van der Waals surface area (Å²) in [7, 11) is 0. The Hall–Kier alpha value is -2.88. The second-order valence-electron chi connectivity index (χ2n) is 4.14. The molecule has 0 aliphatic carbocycles. The first-order chi connectivity index (χ1) is 10.5. The molecule has 0 aliphatic heterocycles. The van der Waals surface area contributed by atoms with Crippen molar-refractivity contribution in [3.8, 4) is 16.4 Å². The number of H-pyrrole nitrogens is 1. The molecule has 3 aromatic rings. The molecule has 2 aromatic heterocycles. The molecule has 112 valence electrons. The van der Waals surface area contributed by atoms with Gasteiger partial charge in [0.15, 0.2) is 0 Å². The summed E-state index contributed by atoms with van der Waals surface area (Å²) in [5.41, 5.74) is -0.744. The van der Waals surface area contributed by atoms with Crippen LogP contribution >= 0.6 is 11.3 Å². The first-order valence-electron chi connectivity index (χ1n) is 5.79. The van der Waals surface area contributed by atoms with Crippen molar-refractivity contribution in [3.63, 3.8) is 0 Å². The lowest BCUT2D eigenvalue weighted by Crippen LogP contribution is -2.15. The van der Waals surface area contributed by atoms with Gasteiger partial charge in [0.05, 0.1) is 5.69 Å². The number of nitrogens with zero attached hydrogens (tertiary/aromatic N) is 3. The summed E-state index contributed by atoms with van der Waals surface area (Å²) in [4.78, 5) is 28.4. The molecule has 0 saturated heterocycles. The van der Waals surface area contributed by atoms with Crippen molar-refractivity contribution in [2.75, 3.05) is 0 Å². The Kier molecular flexibility index (Phi) is 3.29. The van der Waals surface area contributed by atoms with Gasteiger partial charge in [-0.2, -0.15) is 4.68 Å². The van der Waals surface area contributed by atoms with Crippen LogP contribution in [-0.2, 0) is 0 Å². The zero-order chi connectivity index (χ0) is 15.9. The lowest BCUT2D eigenvalue weighted by Gasteiger charge is -1.99. The SMILES string of the molecule is O=C(O)c1nn(-c2nc(-c3cc(F)ccc3F)cs2)c(=O)[nH]1. The number of carbonyl (C=O) groups is 1. The topological polar surface area (TPSA) is 101 Å². The van der Waals surface area contributed by atoms with E-state index in [4.69, 9.17) is 5.11 Å². The van der Waals surface area contributed by atoms with E-state index in [1.54, 1.807) is 0 Å². The third-order valence-corrected chi connectivity index (χ3v) is 3.51. The molecule has 0 unspecified atom stereocenters. The number of carboxylic acid groups (broad SMARTS) is 1. The van der Waals surface area contributed by atoms with Gasteiger partial charge in [0.1, 0.15) is 11.6 Å². The first kappa shape index (κ1) is 14.1. The normalized spacial score (nSPS) is 10.8. The summed E-state index contributed by atoms with van der Waals surface area (Å²) in [6.07, 6.45) is 0. The van der Waals surface area contributed by atoms with Crippen molar-refractivity contribution in [2.24, 2.45) is 0 Å². The maximum Gasteiger partial charge on any atom is 0.373 e. The van der Waals surface area contributed by atoms with Crippen LogP contribution in [0.3, 0.4) is 0 Å². The minimum Gasteiger partial charge on any atom is -0.475 e. The minimum atomic E-state index is -1.40. The van der Waals surface area contributed by atoms with Crippen LogP contribution in [0.1, 0.15) is 10.6 Å². The number of rotatable bonds is 3. The third kappa shape index (κ3) is 2.39. The number of halogens is 2. The molecule has 7 nitrogen and oxygen atoms in total. The van der Waals surface area contributed by atoms with Crippen LogP contribution in [0.5, 0.6) is 0 Å². The number of aromatic carboxylic acids is 1. The van der Waals surface area contributed by atoms with Crippen molar-refractivity contribution in [2.45, 2.75) is 0 Å². The molecule has 10 heteroatoms. The molecular formula is C12H6F2N4O3S. The number of aromatic amines is 1. The highest BCUT2D eigenvalue weighted by Crippen LogP contribution is 2.26. The standard InChI is InChI=1S/C12H6F2N4O3S/c13-5-1-2-7(14)6(3-5)8-4-22-12(15-8)18-11(21)16-9(17-18)10(19)20/h1-4H,(H,19,20)(H,16,17,21). The largest absolute Gasteiger partial charge is 0.475 e. The van der Waals surface area contributed by atoms with E-state index in [-0.39, 0.29) is 16.4 Å². The van der Waals surface area contributed by atoms with Crippen molar-refractivity contribution >= 4 is 17.3 Å². The fourth-order valence-electron chi connectivity index (χ4n) is 1.73. The zero-order valence-electron chi connectivity index (χ0n) is 10.6. The van der Waals surface area contributed by atoms with E-state index in [9.17, 15) is 18.4 Å². The molecule has 0 bridgehead atoms. The Labute approximate surface area is 124 Å². The molecular weight excluding hydrogens is 318 g/mol. The van der Waals surface area contributed by atoms with Crippen molar-refractivity contribution in [1.29, 1.82) is 0 Å². The number of hydrogen-bond donors (Lipinski definition) is 2. The van der Waals surface area contributed by atoms with Gasteiger partial charge < -0.3 is 5.11 Å². The average Bonchev–Trinajstić information content (AvgIpc) is 3.08. The monoisotopic (exact) mass is 324 g/mol. The molecule has 0 atom stereocenters. The smallest absolute Gasteiger partial charge is 0.373 e. The molecule has 0 radical (unpaired) electrons. The van der Waals surface area contributed by atoms with Gasteiger partial charge in [-0.1, -0.05) is 0 Å². The lowest BCUT2D eigenvalue weighted by atomic mass is 10.1. The number of hydrogen-bond acceptors (Lipinski definition) is 5. The predicted octanol–water partition coefficient (Wildman–Crippen LogP) is 1.66. The summed E-state index contributed by atoms with van der Waals surface area (Å²) in [6, 6.07) is 2.92. The van der Waals surface area contributed by atoms with Crippen molar-refractivity contribution in [3.05, 3.63) is 51.5 Å². The van der Waals surface area contributed by atoms with Gasteiger partial charge in [-0.3, -0.25) is 4.98 Å².